The van der Waals surface area contributed by atoms with Crippen molar-refractivity contribution in [1.82, 2.24) is 0 Å². The van der Waals surface area contributed by atoms with Gasteiger partial charge in [0.05, 0.1) is 17.7 Å². The van der Waals surface area contributed by atoms with Gasteiger partial charge in [-0.15, -0.1) is 0 Å². The van der Waals surface area contributed by atoms with Crippen molar-refractivity contribution in [1.29, 1.82) is 0 Å². The van der Waals surface area contributed by atoms with E-state index in [1.807, 2.05) is 25.1 Å². The van der Waals surface area contributed by atoms with Gasteiger partial charge in [-0.3, -0.25) is 0 Å². The molecule has 1 aromatic rings. The molecule has 88 valence electrons. The number of rotatable bonds is 2. The van der Waals surface area contributed by atoms with Gasteiger partial charge in [-0.25, -0.2) is 0 Å². The molecule has 1 saturated heterocycles. The first-order valence-corrected chi connectivity index (χ1v) is 6.19. The van der Waals surface area contributed by atoms with Gasteiger partial charge in [0.2, 0.25) is 0 Å². The molecule has 2 rings (SSSR count). The summed E-state index contributed by atoms with van der Waals surface area (Å²) in [7, 11) is 0. The maximum Gasteiger partial charge on any atom is 0.193 e. The number of hydrogen-bond donors (Lipinski definition) is 1. The average molecular weight is 307 g/mol. The third-order valence-electron chi connectivity index (χ3n) is 2.62. The highest BCUT2D eigenvalue weighted by atomic mass is 79.9. The molecule has 1 fully saturated rings. The fraction of sp³-hybridized carbons (Fsp3) is 0.455. The van der Waals surface area contributed by atoms with Crippen molar-refractivity contribution >= 4 is 27.5 Å². The number of hydrogen-bond acceptors (Lipinski definition) is 3. The van der Waals surface area contributed by atoms with Crippen molar-refractivity contribution in [3.63, 3.8) is 0 Å². The molecular formula is C11H13BrClNO2. The van der Waals surface area contributed by atoms with Crippen molar-refractivity contribution in [3.8, 4) is 0 Å². The first kappa shape index (κ1) is 12.3. The molecule has 0 spiro atoms. The summed E-state index contributed by atoms with van der Waals surface area (Å²) in [6.07, 6.45) is -0.0651. The van der Waals surface area contributed by atoms with Gasteiger partial charge in [-0.05, 0) is 19.1 Å². The fourth-order valence-corrected chi connectivity index (χ4v) is 2.60. The number of benzene rings is 1. The molecule has 0 saturated carbocycles. The topological polar surface area (TPSA) is 44.5 Å². The zero-order valence-corrected chi connectivity index (χ0v) is 11.2. The molecule has 2 unspecified atom stereocenters. The summed E-state index contributed by atoms with van der Waals surface area (Å²) in [5.41, 5.74) is 6.38. The monoisotopic (exact) mass is 305 g/mol. The Labute approximate surface area is 108 Å². The van der Waals surface area contributed by atoms with E-state index in [9.17, 15) is 0 Å². The largest absolute Gasteiger partial charge is 0.343 e. The molecule has 1 heterocycles. The third kappa shape index (κ3) is 2.26. The van der Waals surface area contributed by atoms with E-state index in [4.69, 9.17) is 26.8 Å². The van der Waals surface area contributed by atoms with Crippen molar-refractivity contribution < 1.29 is 9.47 Å². The summed E-state index contributed by atoms with van der Waals surface area (Å²) in [4.78, 5) is 0. The van der Waals surface area contributed by atoms with E-state index in [1.165, 1.54) is 0 Å². The highest BCUT2D eigenvalue weighted by Crippen LogP contribution is 2.38. The highest BCUT2D eigenvalue weighted by molar-refractivity contribution is 9.10. The van der Waals surface area contributed by atoms with Crippen LogP contribution in [0.15, 0.2) is 22.7 Å². The van der Waals surface area contributed by atoms with Crippen LogP contribution in [-0.2, 0) is 15.3 Å². The number of nitrogens with two attached hydrogens (primary N) is 1. The van der Waals surface area contributed by atoms with E-state index in [0.29, 0.717) is 18.2 Å². The number of ether oxygens (including phenoxy) is 2. The van der Waals surface area contributed by atoms with E-state index in [0.717, 1.165) is 10.0 Å². The fourth-order valence-electron chi connectivity index (χ4n) is 1.75. The van der Waals surface area contributed by atoms with E-state index in [-0.39, 0.29) is 6.10 Å². The van der Waals surface area contributed by atoms with Crippen LogP contribution in [0.5, 0.6) is 0 Å². The van der Waals surface area contributed by atoms with Gasteiger partial charge in [-0.2, -0.15) is 0 Å². The van der Waals surface area contributed by atoms with Crippen LogP contribution in [0.4, 0.5) is 0 Å². The van der Waals surface area contributed by atoms with Crippen LogP contribution in [0.2, 0.25) is 5.02 Å². The molecule has 2 N–H and O–H groups in total. The van der Waals surface area contributed by atoms with Crippen LogP contribution >= 0.6 is 27.5 Å². The lowest BCUT2D eigenvalue weighted by molar-refractivity contribution is -0.160. The van der Waals surface area contributed by atoms with Crippen molar-refractivity contribution in [3.05, 3.63) is 33.3 Å². The van der Waals surface area contributed by atoms with Gasteiger partial charge in [0.1, 0.15) is 0 Å². The lowest BCUT2D eigenvalue weighted by Crippen LogP contribution is -2.27. The molecular weight excluding hydrogens is 293 g/mol. The Bertz CT molecular complexity index is 402. The van der Waals surface area contributed by atoms with E-state index in [1.54, 1.807) is 0 Å². The van der Waals surface area contributed by atoms with Gasteiger partial charge in [0.15, 0.2) is 5.79 Å². The molecule has 1 aliphatic heterocycles. The lowest BCUT2D eigenvalue weighted by Gasteiger charge is -2.24. The molecule has 0 aromatic heterocycles. The average Bonchev–Trinajstić information content (AvgIpc) is 2.61. The normalized spacial score (nSPS) is 29.6. The Morgan fingerprint density at radius 1 is 1.62 bits per heavy atom. The quantitative estimate of drug-likeness (QED) is 0.913. The Morgan fingerprint density at radius 2 is 2.38 bits per heavy atom. The molecule has 3 nitrogen and oxygen atoms in total. The predicted molar refractivity (Wildman–Crippen MR) is 66.4 cm³/mol. The summed E-state index contributed by atoms with van der Waals surface area (Å²) in [5.74, 6) is -0.790. The van der Waals surface area contributed by atoms with Gasteiger partial charge < -0.3 is 15.2 Å². The van der Waals surface area contributed by atoms with Crippen LogP contribution in [0.25, 0.3) is 0 Å². The zero-order valence-electron chi connectivity index (χ0n) is 8.87. The van der Waals surface area contributed by atoms with Crippen molar-refractivity contribution in [2.45, 2.75) is 18.8 Å². The predicted octanol–water partition coefficient (Wildman–Crippen LogP) is 2.65. The van der Waals surface area contributed by atoms with E-state index in [2.05, 4.69) is 15.9 Å². The van der Waals surface area contributed by atoms with Crippen LogP contribution < -0.4 is 5.73 Å². The van der Waals surface area contributed by atoms with E-state index < -0.39 is 5.79 Å². The Kier molecular flexibility index (Phi) is 3.56. The molecule has 1 aromatic carbocycles. The van der Waals surface area contributed by atoms with Crippen LogP contribution in [0, 0.1) is 0 Å². The second-order valence-corrected chi connectivity index (χ2v) is 5.18. The SMILES string of the molecule is CC1(c2ccc(Br)cc2Cl)OCC(CN)O1. The first-order chi connectivity index (χ1) is 7.55. The van der Waals surface area contributed by atoms with Crippen molar-refractivity contribution in [2.75, 3.05) is 13.2 Å². The number of halogens is 2. The second-order valence-electron chi connectivity index (χ2n) is 3.86. The van der Waals surface area contributed by atoms with Gasteiger partial charge >= 0.3 is 0 Å². The summed E-state index contributed by atoms with van der Waals surface area (Å²) in [5, 5.41) is 0.620. The molecule has 16 heavy (non-hydrogen) atoms. The molecule has 2 atom stereocenters. The Hall–Kier alpha value is -0.130. The summed E-state index contributed by atoms with van der Waals surface area (Å²) >= 11 is 9.53. The smallest absolute Gasteiger partial charge is 0.193 e. The maximum atomic E-state index is 6.17. The second kappa shape index (κ2) is 4.63. The third-order valence-corrected chi connectivity index (χ3v) is 3.43. The molecule has 0 radical (unpaired) electrons. The standard InChI is InChI=1S/C11H13BrClNO2/c1-11(15-6-8(5-14)16-11)9-3-2-7(12)4-10(9)13/h2-4,8H,5-6,14H2,1H3. The highest BCUT2D eigenvalue weighted by Gasteiger charge is 2.39. The molecule has 0 amide bonds. The van der Waals surface area contributed by atoms with Gasteiger partial charge in [0, 0.05) is 16.6 Å². The van der Waals surface area contributed by atoms with E-state index >= 15 is 0 Å². The van der Waals surface area contributed by atoms with Crippen LogP contribution in [-0.4, -0.2) is 19.3 Å². The molecule has 1 aliphatic rings. The minimum absolute atomic E-state index is 0.0651. The molecule has 5 heteroatoms. The first-order valence-electron chi connectivity index (χ1n) is 5.02. The van der Waals surface area contributed by atoms with Crippen molar-refractivity contribution in [2.24, 2.45) is 5.73 Å². The lowest BCUT2D eigenvalue weighted by atomic mass is 10.1. The van der Waals surface area contributed by atoms with Gasteiger partial charge in [-0.1, -0.05) is 33.6 Å². The minimum Gasteiger partial charge on any atom is -0.343 e. The summed E-state index contributed by atoms with van der Waals surface area (Å²) in [6.45, 7) is 2.81. The molecule has 0 aliphatic carbocycles. The minimum atomic E-state index is -0.790. The Balaban J connectivity index is 2.30. The van der Waals surface area contributed by atoms with Crippen LogP contribution in [0.3, 0.4) is 0 Å². The Morgan fingerprint density at radius 3 is 2.94 bits per heavy atom. The summed E-state index contributed by atoms with van der Waals surface area (Å²) in [6, 6.07) is 5.63. The van der Waals surface area contributed by atoms with Gasteiger partial charge in [0.25, 0.3) is 0 Å². The zero-order chi connectivity index (χ0) is 11.8. The van der Waals surface area contributed by atoms with Crippen LogP contribution in [0.1, 0.15) is 12.5 Å². The molecule has 0 bridgehead atoms. The summed E-state index contributed by atoms with van der Waals surface area (Å²) < 4.78 is 12.3. The maximum absolute atomic E-state index is 6.17.